The molecule has 0 aliphatic rings. The van der Waals surface area contributed by atoms with Crippen LogP contribution < -0.4 is 5.32 Å². The molecule has 0 saturated carbocycles. The number of hydrogen-bond donors (Lipinski definition) is 2. The normalized spacial score (nSPS) is 12.0. The van der Waals surface area contributed by atoms with Gasteiger partial charge in [-0.2, -0.15) is 0 Å². The van der Waals surface area contributed by atoms with Crippen molar-refractivity contribution in [3.8, 4) is 0 Å². The third-order valence-corrected chi connectivity index (χ3v) is 3.36. The summed E-state index contributed by atoms with van der Waals surface area (Å²) in [6.07, 6.45) is 6.14. The van der Waals surface area contributed by atoms with Gasteiger partial charge in [0.2, 0.25) is 0 Å². The molecule has 0 radical (unpaired) electrons. The van der Waals surface area contributed by atoms with Crippen molar-refractivity contribution in [2.75, 3.05) is 19.7 Å². The van der Waals surface area contributed by atoms with Crippen LogP contribution in [-0.4, -0.2) is 36.4 Å². The predicted octanol–water partition coefficient (Wildman–Crippen LogP) is 3.81. The van der Waals surface area contributed by atoms with Gasteiger partial charge in [-0.15, -0.1) is 0 Å². The molecule has 0 amide bonds. The summed E-state index contributed by atoms with van der Waals surface area (Å²) < 4.78 is 10.00. The Morgan fingerprint density at radius 1 is 1.25 bits per heavy atom. The van der Waals surface area contributed by atoms with E-state index >= 15 is 0 Å². The van der Waals surface area contributed by atoms with Crippen LogP contribution in [0.3, 0.4) is 0 Å². The third-order valence-electron chi connectivity index (χ3n) is 3.36. The summed E-state index contributed by atoms with van der Waals surface area (Å²) >= 11 is 0. The molecule has 2 rings (SSSR count). The lowest BCUT2D eigenvalue weighted by molar-refractivity contribution is -0.00242. The van der Waals surface area contributed by atoms with E-state index in [4.69, 9.17) is 9.47 Å². The van der Waals surface area contributed by atoms with Gasteiger partial charge in [-0.05, 0) is 51.4 Å². The lowest BCUT2D eigenvalue weighted by Gasteiger charge is -2.18. The maximum Gasteiger partial charge on any atom is 0.509 e. The molecule has 0 atom stereocenters. The van der Waals surface area contributed by atoms with Gasteiger partial charge in [-0.3, -0.25) is 0 Å². The van der Waals surface area contributed by atoms with E-state index in [0.29, 0.717) is 0 Å². The number of aromatic amines is 1. The van der Waals surface area contributed by atoms with E-state index in [1.54, 1.807) is 0 Å². The second kappa shape index (κ2) is 8.55. The predicted molar refractivity (Wildman–Crippen MR) is 96.2 cm³/mol. The Hall–Kier alpha value is -2.27. The molecular weight excluding hydrogens is 304 g/mol. The number of aromatic nitrogens is 1. The van der Waals surface area contributed by atoms with Crippen LogP contribution in [0.1, 0.15) is 26.3 Å². The fraction of sp³-hybridized carbons (Fsp3) is 0.421. The van der Waals surface area contributed by atoms with Gasteiger partial charge >= 0.3 is 6.16 Å². The number of hydrogen-bond acceptors (Lipinski definition) is 4. The van der Waals surface area contributed by atoms with Crippen LogP contribution >= 0.6 is 0 Å². The van der Waals surface area contributed by atoms with Gasteiger partial charge in [0, 0.05) is 23.6 Å². The lowest BCUT2D eigenvalue weighted by Crippen LogP contribution is -2.24. The van der Waals surface area contributed by atoms with Crippen LogP contribution in [-0.2, 0) is 15.9 Å². The molecule has 0 saturated heterocycles. The number of ether oxygens (including phenoxy) is 2. The van der Waals surface area contributed by atoms with Crippen molar-refractivity contribution < 1.29 is 14.3 Å². The van der Waals surface area contributed by atoms with Gasteiger partial charge in [0.15, 0.2) is 0 Å². The second-order valence-electron chi connectivity index (χ2n) is 6.56. The van der Waals surface area contributed by atoms with E-state index in [-0.39, 0.29) is 6.61 Å². The van der Waals surface area contributed by atoms with Crippen molar-refractivity contribution in [3.05, 3.63) is 48.2 Å². The van der Waals surface area contributed by atoms with Gasteiger partial charge in [0.05, 0.1) is 0 Å². The van der Waals surface area contributed by atoms with E-state index in [1.165, 1.54) is 16.5 Å². The zero-order chi connectivity index (χ0) is 17.4. The molecule has 1 heterocycles. The molecule has 130 valence electrons. The summed E-state index contributed by atoms with van der Waals surface area (Å²) in [6.45, 7) is 7.27. The topological polar surface area (TPSA) is 63.4 Å². The lowest BCUT2D eigenvalue weighted by atomic mass is 10.1. The summed E-state index contributed by atoms with van der Waals surface area (Å²) in [7, 11) is 0. The first-order valence-electron chi connectivity index (χ1n) is 8.22. The average molecular weight is 330 g/mol. The molecule has 1 aromatic carbocycles. The molecule has 0 aliphatic heterocycles. The fourth-order valence-electron chi connectivity index (χ4n) is 2.29. The van der Waals surface area contributed by atoms with Crippen LogP contribution in [0.25, 0.3) is 10.9 Å². The van der Waals surface area contributed by atoms with Gasteiger partial charge in [-0.1, -0.05) is 24.3 Å². The summed E-state index contributed by atoms with van der Waals surface area (Å²) in [5, 5.41) is 4.62. The minimum absolute atomic E-state index is 0.221. The number of H-pyrrole nitrogens is 1. The largest absolute Gasteiger partial charge is 0.509 e. The van der Waals surface area contributed by atoms with Crippen LogP contribution in [0.2, 0.25) is 0 Å². The van der Waals surface area contributed by atoms with Gasteiger partial charge in [0.25, 0.3) is 0 Å². The Labute approximate surface area is 143 Å². The number of rotatable bonds is 7. The monoisotopic (exact) mass is 330 g/mol. The van der Waals surface area contributed by atoms with E-state index < -0.39 is 11.8 Å². The zero-order valence-electron chi connectivity index (χ0n) is 14.6. The Balaban J connectivity index is 1.59. The summed E-state index contributed by atoms with van der Waals surface area (Å²) in [4.78, 5) is 14.6. The van der Waals surface area contributed by atoms with Gasteiger partial charge in [0.1, 0.15) is 12.2 Å². The van der Waals surface area contributed by atoms with E-state index in [0.717, 1.165) is 19.5 Å². The first-order chi connectivity index (χ1) is 11.5. The summed E-state index contributed by atoms with van der Waals surface area (Å²) in [5.41, 5.74) is 1.96. The quantitative estimate of drug-likeness (QED) is 0.460. The second-order valence-corrected chi connectivity index (χ2v) is 6.56. The highest BCUT2D eigenvalue weighted by Gasteiger charge is 2.16. The average Bonchev–Trinajstić information content (AvgIpc) is 2.91. The SMILES string of the molecule is CC(C)(C)OC(=O)OC/C=C/CNCCc1c[nH]c2ccccc12. The minimum Gasteiger partial charge on any atom is -0.430 e. The molecule has 1 aromatic heterocycles. The van der Waals surface area contributed by atoms with Crippen LogP contribution in [0.5, 0.6) is 0 Å². The zero-order valence-corrected chi connectivity index (χ0v) is 14.6. The molecule has 0 fully saturated rings. The highest BCUT2D eigenvalue weighted by Crippen LogP contribution is 2.17. The molecule has 5 nitrogen and oxygen atoms in total. The highest BCUT2D eigenvalue weighted by molar-refractivity contribution is 5.83. The molecular formula is C19H26N2O3. The van der Waals surface area contributed by atoms with Crippen LogP contribution in [0.15, 0.2) is 42.6 Å². The number of para-hydroxylation sites is 1. The maximum atomic E-state index is 11.3. The van der Waals surface area contributed by atoms with Crippen LogP contribution in [0.4, 0.5) is 4.79 Å². The number of nitrogens with one attached hydrogen (secondary N) is 2. The molecule has 0 spiro atoms. The Morgan fingerprint density at radius 2 is 2.04 bits per heavy atom. The number of carbonyl (C=O) groups excluding carboxylic acids is 1. The Morgan fingerprint density at radius 3 is 2.83 bits per heavy atom. The molecule has 0 aliphatic carbocycles. The van der Waals surface area contributed by atoms with Gasteiger partial charge < -0.3 is 19.8 Å². The standard InChI is InChI=1S/C19H26N2O3/c1-19(2,3)24-18(22)23-13-7-6-11-20-12-10-15-14-21-17-9-5-4-8-16(15)17/h4-9,14,20-21H,10-13H2,1-3H3/b7-6+. The summed E-state index contributed by atoms with van der Waals surface area (Å²) in [5.74, 6) is 0. The Bertz CT molecular complexity index is 683. The van der Waals surface area contributed by atoms with Gasteiger partial charge in [-0.25, -0.2) is 4.79 Å². The maximum absolute atomic E-state index is 11.3. The first kappa shape index (κ1) is 18.1. The smallest absolute Gasteiger partial charge is 0.430 e. The van der Waals surface area contributed by atoms with Crippen molar-refractivity contribution >= 4 is 17.1 Å². The van der Waals surface area contributed by atoms with Crippen LogP contribution in [0, 0.1) is 0 Å². The number of fused-ring (bicyclic) bond motifs is 1. The molecule has 2 aromatic rings. The Kier molecular flexibility index (Phi) is 6.44. The van der Waals surface area contributed by atoms with Crippen molar-refractivity contribution in [3.63, 3.8) is 0 Å². The van der Waals surface area contributed by atoms with E-state index in [2.05, 4.69) is 34.7 Å². The molecule has 5 heteroatoms. The van der Waals surface area contributed by atoms with Crippen molar-refractivity contribution in [1.82, 2.24) is 10.3 Å². The van der Waals surface area contributed by atoms with Crippen molar-refractivity contribution in [1.29, 1.82) is 0 Å². The summed E-state index contributed by atoms with van der Waals surface area (Å²) in [6, 6.07) is 8.31. The molecule has 2 N–H and O–H groups in total. The van der Waals surface area contributed by atoms with Crippen molar-refractivity contribution in [2.45, 2.75) is 32.8 Å². The first-order valence-corrected chi connectivity index (χ1v) is 8.22. The number of benzene rings is 1. The van der Waals surface area contributed by atoms with E-state index in [1.807, 2.05) is 39.0 Å². The van der Waals surface area contributed by atoms with E-state index in [9.17, 15) is 4.79 Å². The number of carbonyl (C=O) groups is 1. The minimum atomic E-state index is -0.639. The highest BCUT2D eigenvalue weighted by atomic mass is 16.7. The molecule has 0 unspecified atom stereocenters. The third kappa shape index (κ3) is 6.08. The molecule has 0 bridgehead atoms. The fourth-order valence-corrected chi connectivity index (χ4v) is 2.29. The van der Waals surface area contributed by atoms with Crippen molar-refractivity contribution in [2.24, 2.45) is 0 Å². The molecule has 24 heavy (non-hydrogen) atoms.